The Morgan fingerprint density at radius 1 is 1.12 bits per heavy atom. The van der Waals surface area contributed by atoms with Crippen LogP contribution >= 0.6 is 34.5 Å². The van der Waals surface area contributed by atoms with Crippen LogP contribution < -0.4 is 19.1 Å². The standard InChI is InChI=1S/C21H20Cl2N2O5S2/c1-4-30-16-9-8-15(11-17(16)29-3)25(2)32(27,28)18-12-19(23)31-20(18)21(26)24-14-7-5-6-13(22)10-14/h5-12H,4H2,1-3H3,(H,24,26). The van der Waals surface area contributed by atoms with Gasteiger partial charge in [0.25, 0.3) is 15.9 Å². The van der Waals surface area contributed by atoms with E-state index in [2.05, 4.69) is 5.32 Å². The predicted octanol–water partition coefficient (Wildman–Crippen LogP) is 5.54. The molecule has 0 atom stereocenters. The van der Waals surface area contributed by atoms with Gasteiger partial charge in [-0.3, -0.25) is 9.10 Å². The number of hydrogen-bond donors (Lipinski definition) is 1. The van der Waals surface area contributed by atoms with Crippen molar-refractivity contribution in [3.05, 3.63) is 62.8 Å². The number of benzene rings is 2. The zero-order valence-corrected chi connectivity index (χ0v) is 20.5. The average Bonchev–Trinajstić information content (AvgIpc) is 3.16. The van der Waals surface area contributed by atoms with E-state index >= 15 is 0 Å². The highest BCUT2D eigenvalue weighted by molar-refractivity contribution is 7.93. The molecular formula is C21H20Cl2N2O5S2. The van der Waals surface area contributed by atoms with Gasteiger partial charge < -0.3 is 14.8 Å². The monoisotopic (exact) mass is 514 g/mol. The molecule has 0 saturated heterocycles. The molecule has 11 heteroatoms. The van der Waals surface area contributed by atoms with Gasteiger partial charge in [-0.05, 0) is 43.3 Å². The molecule has 0 spiro atoms. The summed E-state index contributed by atoms with van der Waals surface area (Å²) in [6, 6.07) is 12.5. The van der Waals surface area contributed by atoms with Crippen molar-refractivity contribution in [2.75, 3.05) is 30.4 Å². The van der Waals surface area contributed by atoms with Crippen molar-refractivity contribution in [1.29, 1.82) is 0 Å². The first-order chi connectivity index (χ1) is 15.2. The molecule has 170 valence electrons. The van der Waals surface area contributed by atoms with Crippen molar-refractivity contribution < 1.29 is 22.7 Å². The number of carbonyl (C=O) groups excluding carboxylic acids is 1. The third kappa shape index (κ3) is 5.12. The number of ether oxygens (including phenoxy) is 2. The van der Waals surface area contributed by atoms with E-state index in [9.17, 15) is 13.2 Å². The Balaban J connectivity index is 1.96. The number of anilines is 2. The molecule has 0 aliphatic carbocycles. The van der Waals surface area contributed by atoms with Crippen LogP contribution in [0, 0.1) is 0 Å². The molecular weight excluding hydrogens is 495 g/mol. The van der Waals surface area contributed by atoms with Gasteiger partial charge in [-0.15, -0.1) is 11.3 Å². The second-order valence-corrected chi connectivity index (χ2v) is 10.5. The van der Waals surface area contributed by atoms with Crippen LogP contribution in [0.15, 0.2) is 53.4 Å². The van der Waals surface area contributed by atoms with Gasteiger partial charge in [0, 0.05) is 23.8 Å². The largest absolute Gasteiger partial charge is 0.493 e. The van der Waals surface area contributed by atoms with Crippen LogP contribution in [0.2, 0.25) is 9.36 Å². The van der Waals surface area contributed by atoms with Crippen molar-refractivity contribution in [3.8, 4) is 11.5 Å². The van der Waals surface area contributed by atoms with Crippen LogP contribution in [0.25, 0.3) is 0 Å². The molecule has 0 radical (unpaired) electrons. The van der Waals surface area contributed by atoms with Crippen molar-refractivity contribution >= 4 is 61.8 Å². The minimum Gasteiger partial charge on any atom is -0.493 e. The van der Waals surface area contributed by atoms with Crippen LogP contribution in [0.3, 0.4) is 0 Å². The number of hydrogen-bond acceptors (Lipinski definition) is 6. The number of methoxy groups -OCH3 is 1. The molecule has 0 fully saturated rings. The fraction of sp³-hybridized carbons (Fsp3) is 0.190. The van der Waals surface area contributed by atoms with E-state index in [1.54, 1.807) is 42.5 Å². The molecule has 7 nitrogen and oxygen atoms in total. The molecule has 1 heterocycles. The summed E-state index contributed by atoms with van der Waals surface area (Å²) >= 11 is 12.9. The van der Waals surface area contributed by atoms with Gasteiger partial charge in [0.1, 0.15) is 9.77 Å². The summed E-state index contributed by atoms with van der Waals surface area (Å²) < 4.78 is 38.8. The van der Waals surface area contributed by atoms with E-state index < -0.39 is 15.9 Å². The van der Waals surface area contributed by atoms with E-state index in [0.717, 1.165) is 15.6 Å². The first-order valence-corrected chi connectivity index (χ1v) is 12.3. The Morgan fingerprint density at radius 2 is 1.88 bits per heavy atom. The van der Waals surface area contributed by atoms with Gasteiger partial charge in [-0.1, -0.05) is 29.3 Å². The van der Waals surface area contributed by atoms with E-state index in [1.807, 2.05) is 6.92 Å². The topological polar surface area (TPSA) is 84.9 Å². The van der Waals surface area contributed by atoms with E-state index in [4.69, 9.17) is 32.7 Å². The molecule has 1 amide bonds. The molecule has 0 bridgehead atoms. The quantitative estimate of drug-likeness (QED) is 0.426. The van der Waals surface area contributed by atoms with Gasteiger partial charge >= 0.3 is 0 Å². The molecule has 0 saturated carbocycles. The lowest BCUT2D eigenvalue weighted by molar-refractivity contribution is 0.102. The zero-order valence-electron chi connectivity index (χ0n) is 17.4. The molecule has 0 unspecified atom stereocenters. The number of amides is 1. The third-order valence-corrected chi connectivity index (χ3v) is 7.84. The zero-order chi connectivity index (χ0) is 23.5. The Labute approximate surface area is 200 Å². The molecule has 3 aromatic rings. The highest BCUT2D eigenvalue weighted by Crippen LogP contribution is 2.37. The normalized spacial score (nSPS) is 11.2. The summed E-state index contributed by atoms with van der Waals surface area (Å²) in [5.41, 5.74) is 0.758. The number of rotatable bonds is 8. The van der Waals surface area contributed by atoms with Gasteiger partial charge in [-0.2, -0.15) is 0 Å². The Morgan fingerprint density at radius 3 is 2.53 bits per heavy atom. The fourth-order valence-electron chi connectivity index (χ4n) is 2.86. The van der Waals surface area contributed by atoms with E-state index in [0.29, 0.717) is 34.5 Å². The van der Waals surface area contributed by atoms with Gasteiger partial charge in [0.05, 0.1) is 23.7 Å². The average molecular weight is 515 g/mol. The number of sulfonamides is 1. The number of nitrogens with one attached hydrogen (secondary N) is 1. The molecule has 0 aliphatic rings. The minimum absolute atomic E-state index is 0.0419. The maximum absolute atomic E-state index is 13.4. The summed E-state index contributed by atoms with van der Waals surface area (Å²) in [7, 11) is -1.27. The van der Waals surface area contributed by atoms with Gasteiger partial charge in [0.2, 0.25) is 0 Å². The predicted molar refractivity (Wildman–Crippen MR) is 128 cm³/mol. The Kier molecular flexibility index (Phi) is 7.55. The second-order valence-electron chi connectivity index (χ2n) is 6.45. The van der Waals surface area contributed by atoms with E-state index in [1.165, 1.54) is 20.2 Å². The maximum Gasteiger partial charge on any atom is 0.267 e. The lowest BCUT2D eigenvalue weighted by Crippen LogP contribution is -2.28. The van der Waals surface area contributed by atoms with Crippen LogP contribution in [-0.2, 0) is 10.0 Å². The Bertz CT molecular complexity index is 1240. The second kappa shape index (κ2) is 9.99. The van der Waals surface area contributed by atoms with E-state index in [-0.39, 0.29) is 14.1 Å². The molecule has 2 aromatic carbocycles. The van der Waals surface area contributed by atoms with Crippen LogP contribution in [0.4, 0.5) is 11.4 Å². The molecule has 1 aromatic heterocycles. The molecule has 32 heavy (non-hydrogen) atoms. The van der Waals surface area contributed by atoms with Crippen molar-refractivity contribution in [3.63, 3.8) is 0 Å². The summed E-state index contributed by atoms with van der Waals surface area (Å²) in [4.78, 5) is 12.6. The highest BCUT2D eigenvalue weighted by atomic mass is 35.5. The third-order valence-electron chi connectivity index (χ3n) is 4.41. The first kappa shape index (κ1) is 24.2. The summed E-state index contributed by atoms with van der Waals surface area (Å²) in [5, 5.41) is 3.09. The molecule has 3 rings (SSSR count). The van der Waals surface area contributed by atoms with Crippen molar-refractivity contribution in [1.82, 2.24) is 0 Å². The number of nitrogens with zero attached hydrogens (tertiary/aromatic N) is 1. The smallest absolute Gasteiger partial charge is 0.267 e. The van der Waals surface area contributed by atoms with Crippen molar-refractivity contribution in [2.24, 2.45) is 0 Å². The van der Waals surface area contributed by atoms with Crippen LogP contribution in [-0.4, -0.2) is 35.1 Å². The fourth-order valence-corrected chi connectivity index (χ4v) is 5.93. The lowest BCUT2D eigenvalue weighted by Gasteiger charge is -2.21. The van der Waals surface area contributed by atoms with Gasteiger partial charge in [-0.25, -0.2) is 8.42 Å². The highest BCUT2D eigenvalue weighted by Gasteiger charge is 2.30. The Hall–Kier alpha value is -2.46. The maximum atomic E-state index is 13.4. The number of thiophene rings is 1. The van der Waals surface area contributed by atoms with Gasteiger partial charge in [0.15, 0.2) is 11.5 Å². The summed E-state index contributed by atoms with van der Waals surface area (Å²) in [5.74, 6) is 0.263. The minimum atomic E-state index is -4.12. The SMILES string of the molecule is CCOc1ccc(N(C)S(=O)(=O)c2cc(Cl)sc2C(=O)Nc2cccc(Cl)c2)cc1OC. The lowest BCUT2D eigenvalue weighted by atomic mass is 10.3. The summed E-state index contributed by atoms with van der Waals surface area (Å²) in [6.45, 7) is 2.27. The van der Waals surface area contributed by atoms with Crippen LogP contribution in [0.1, 0.15) is 16.6 Å². The van der Waals surface area contributed by atoms with Crippen molar-refractivity contribution in [2.45, 2.75) is 11.8 Å². The first-order valence-electron chi connectivity index (χ1n) is 9.33. The number of halogens is 2. The molecule has 0 aliphatic heterocycles. The number of carbonyl (C=O) groups is 1. The van der Waals surface area contributed by atoms with Crippen LogP contribution in [0.5, 0.6) is 11.5 Å². The summed E-state index contributed by atoms with van der Waals surface area (Å²) in [6.07, 6.45) is 0. The molecule has 1 N–H and O–H groups in total.